The lowest BCUT2D eigenvalue weighted by Gasteiger charge is -2.11. The van der Waals surface area contributed by atoms with Crippen LogP contribution >= 0.6 is 0 Å². The summed E-state index contributed by atoms with van der Waals surface area (Å²) in [5, 5.41) is 12.2. The largest absolute Gasteiger partial charge is 0.337 e. The number of aromatic nitrogens is 6. The SMILES string of the molecule is CCc1cc(CNCc2ccccc2)cc(-c2cnc3n[nH]c(-c4nc5c(-c6ccncc6)cccc5[nH]4)c3c2)c1. The maximum Gasteiger partial charge on any atom is 0.181 e. The van der Waals surface area contributed by atoms with Crippen LogP contribution in [-0.4, -0.2) is 30.1 Å². The monoisotopic (exact) mass is 535 g/mol. The predicted octanol–water partition coefficient (Wildman–Crippen LogP) is 7.08. The van der Waals surface area contributed by atoms with Crippen LogP contribution in [0.3, 0.4) is 0 Å². The number of H-pyrrole nitrogens is 2. The highest BCUT2D eigenvalue weighted by Gasteiger charge is 2.16. The number of nitrogens with one attached hydrogen (secondary N) is 3. The number of para-hydroxylation sites is 1. The Balaban J connectivity index is 1.23. The van der Waals surface area contributed by atoms with E-state index in [-0.39, 0.29) is 0 Å². The molecule has 7 nitrogen and oxygen atoms in total. The highest BCUT2D eigenvalue weighted by molar-refractivity contribution is 5.97. The van der Waals surface area contributed by atoms with Gasteiger partial charge >= 0.3 is 0 Å². The molecule has 0 aliphatic carbocycles. The van der Waals surface area contributed by atoms with E-state index in [2.05, 4.69) is 87.0 Å². The molecular formula is C34H29N7. The lowest BCUT2D eigenvalue weighted by Crippen LogP contribution is -2.12. The molecule has 0 aliphatic rings. The fraction of sp³-hybridized carbons (Fsp3) is 0.118. The number of hydrogen-bond acceptors (Lipinski definition) is 5. The van der Waals surface area contributed by atoms with Crippen molar-refractivity contribution in [1.29, 1.82) is 0 Å². The van der Waals surface area contributed by atoms with Crippen LogP contribution in [0.15, 0.2) is 104 Å². The number of rotatable bonds is 8. The summed E-state index contributed by atoms with van der Waals surface area (Å²) in [6.45, 7) is 3.82. The summed E-state index contributed by atoms with van der Waals surface area (Å²) >= 11 is 0. The Morgan fingerprint density at radius 2 is 1.59 bits per heavy atom. The fourth-order valence-electron chi connectivity index (χ4n) is 5.34. The number of nitrogens with zero attached hydrogens (tertiary/aromatic N) is 4. The summed E-state index contributed by atoms with van der Waals surface area (Å²) in [4.78, 5) is 17.3. The van der Waals surface area contributed by atoms with Crippen LogP contribution in [0.5, 0.6) is 0 Å². The van der Waals surface area contributed by atoms with Crippen molar-refractivity contribution in [2.45, 2.75) is 26.4 Å². The van der Waals surface area contributed by atoms with E-state index in [0.29, 0.717) is 5.65 Å². The third kappa shape index (κ3) is 4.99. The van der Waals surface area contributed by atoms with E-state index < -0.39 is 0 Å². The first-order valence-corrected chi connectivity index (χ1v) is 13.9. The molecule has 0 atom stereocenters. The maximum atomic E-state index is 5.00. The molecule has 0 unspecified atom stereocenters. The van der Waals surface area contributed by atoms with Gasteiger partial charge in [0.25, 0.3) is 0 Å². The molecule has 7 aromatic rings. The molecule has 3 aromatic carbocycles. The van der Waals surface area contributed by atoms with Crippen LogP contribution in [0.1, 0.15) is 23.6 Å². The Morgan fingerprint density at radius 1 is 0.756 bits per heavy atom. The minimum Gasteiger partial charge on any atom is -0.337 e. The molecule has 3 N–H and O–H groups in total. The summed E-state index contributed by atoms with van der Waals surface area (Å²) in [6.07, 6.45) is 6.47. The summed E-state index contributed by atoms with van der Waals surface area (Å²) in [5.41, 5.74) is 11.5. The smallest absolute Gasteiger partial charge is 0.181 e. The first-order valence-electron chi connectivity index (χ1n) is 13.9. The molecule has 0 radical (unpaired) electrons. The van der Waals surface area contributed by atoms with Crippen molar-refractivity contribution in [3.8, 4) is 33.8 Å². The molecule has 7 heteroatoms. The Labute approximate surface area is 237 Å². The van der Waals surface area contributed by atoms with Crippen LogP contribution in [0.4, 0.5) is 0 Å². The van der Waals surface area contributed by atoms with Crippen molar-refractivity contribution in [2.75, 3.05) is 0 Å². The minimum absolute atomic E-state index is 0.662. The van der Waals surface area contributed by atoms with Crippen molar-refractivity contribution >= 4 is 22.1 Å². The molecule has 4 heterocycles. The van der Waals surface area contributed by atoms with E-state index in [1.165, 1.54) is 16.7 Å². The average molecular weight is 536 g/mol. The molecule has 0 fully saturated rings. The van der Waals surface area contributed by atoms with E-state index >= 15 is 0 Å². The van der Waals surface area contributed by atoms with Crippen LogP contribution < -0.4 is 5.32 Å². The van der Waals surface area contributed by atoms with Gasteiger partial charge in [-0.05, 0) is 64.6 Å². The molecule has 200 valence electrons. The van der Waals surface area contributed by atoms with E-state index in [1.54, 1.807) is 12.4 Å². The topological polar surface area (TPSA) is 95.2 Å². The third-order valence-corrected chi connectivity index (χ3v) is 7.45. The standard InChI is InChI=1S/C34H29N7/c1-2-22-15-24(20-36-19-23-7-4-3-5-8-23)17-26(16-22)27-18-29-32(40-41-33(29)37-21-27)34-38-30-10-6-9-28(31(30)39-34)25-11-13-35-14-12-25/h3-18,21,36H,2,19-20H2,1H3,(H,38,39)(H,37,40,41). The van der Waals surface area contributed by atoms with E-state index in [9.17, 15) is 0 Å². The first-order chi connectivity index (χ1) is 20.2. The quantitative estimate of drug-likeness (QED) is 0.193. The van der Waals surface area contributed by atoms with Gasteiger partial charge in [-0.1, -0.05) is 61.5 Å². The van der Waals surface area contributed by atoms with Gasteiger partial charge in [-0.25, -0.2) is 9.97 Å². The summed E-state index contributed by atoms with van der Waals surface area (Å²) in [6, 6.07) is 29.6. The number of imidazole rings is 1. The summed E-state index contributed by atoms with van der Waals surface area (Å²) in [5.74, 6) is 0.732. The minimum atomic E-state index is 0.662. The van der Waals surface area contributed by atoms with E-state index in [1.807, 2.05) is 36.5 Å². The Bertz CT molecular complexity index is 1960. The van der Waals surface area contributed by atoms with Gasteiger partial charge in [-0.15, -0.1) is 0 Å². The molecule has 7 rings (SSSR count). The second-order valence-electron chi connectivity index (χ2n) is 10.2. The van der Waals surface area contributed by atoms with Gasteiger partial charge in [0.15, 0.2) is 11.5 Å². The average Bonchev–Trinajstić information content (AvgIpc) is 3.66. The Hall–Kier alpha value is -5.14. The highest BCUT2D eigenvalue weighted by Crippen LogP contribution is 2.33. The molecule has 0 spiro atoms. The molecule has 0 amide bonds. The van der Waals surface area contributed by atoms with Crippen molar-refractivity contribution < 1.29 is 0 Å². The zero-order valence-corrected chi connectivity index (χ0v) is 22.7. The van der Waals surface area contributed by atoms with Gasteiger partial charge in [-0.3, -0.25) is 10.1 Å². The zero-order chi connectivity index (χ0) is 27.6. The number of fused-ring (bicyclic) bond motifs is 2. The van der Waals surface area contributed by atoms with Gasteiger partial charge < -0.3 is 10.3 Å². The fourth-order valence-corrected chi connectivity index (χ4v) is 5.34. The maximum absolute atomic E-state index is 5.00. The zero-order valence-electron chi connectivity index (χ0n) is 22.7. The van der Waals surface area contributed by atoms with E-state index in [4.69, 9.17) is 9.97 Å². The Kier molecular flexibility index (Phi) is 6.55. The van der Waals surface area contributed by atoms with Crippen molar-refractivity contribution in [3.63, 3.8) is 0 Å². The van der Waals surface area contributed by atoms with Gasteiger partial charge in [0.2, 0.25) is 0 Å². The van der Waals surface area contributed by atoms with Crippen molar-refractivity contribution in [2.24, 2.45) is 0 Å². The second-order valence-corrected chi connectivity index (χ2v) is 10.2. The van der Waals surface area contributed by atoms with Crippen LogP contribution in [0.25, 0.3) is 55.8 Å². The Morgan fingerprint density at radius 3 is 2.44 bits per heavy atom. The van der Waals surface area contributed by atoms with Gasteiger partial charge in [0.1, 0.15) is 5.69 Å². The normalized spacial score (nSPS) is 11.4. The molecule has 0 saturated heterocycles. The number of pyridine rings is 2. The van der Waals surface area contributed by atoms with Gasteiger partial charge in [0, 0.05) is 42.8 Å². The van der Waals surface area contributed by atoms with Crippen molar-refractivity contribution in [3.05, 3.63) is 120 Å². The molecule has 0 bridgehead atoms. The second kappa shape index (κ2) is 10.8. The lowest BCUT2D eigenvalue weighted by atomic mass is 9.99. The molecule has 4 aromatic heterocycles. The number of aromatic amines is 2. The summed E-state index contributed by atoms with van der Waals surface area (Å²) in [7, 11) is 0. The highest BCUT2D eigenvalue weighted by atomic mass is 15.2. The molecule has 0 saturated carbocycles. The van der Waals surface area contributed by atoms with Crippen LogP contribution in [-0.2, 0) is 19.5 Å². The lowest BCUT2D eigenvalue weighted by molar-refractivity contribution is 0.693. The van der Waals surface area contributed by atoms with Gasteiger partial charge in [0.05, 0.1) is 16.4 Å². The first kappa shape index (κ1) is 24.9. The number of aryl methyl sites for hydroxylation is 1. The summed E-state index contributed by atoms with van der Waals surface area (Å²) < 4.78 is 0. The van der Waals surface area contributed by atoms with E-state index in [0.717, 1.165) is 69.7 Å². The van der Waals surface area contributed by atoms with Crippen molar-refractivity contribution in [1.82, 2.24) is 35.5 Å². The van der Waals surface area contributed by atoms with Crippen LogP contribution in [0, 0.1) is 0 Å². The number of benzene rings is 3. The third-order valence-electron chi connectivity index (χ3n) is 7.45. The number of hydrogen-bond donors (Lipinski definition) is 3. The molecule has 41 heavy (non-hydrogen) atoms. The molecule has 0 aliphatic heterocycles. The molecular weight excluding hydrogens is 506 g/mol. The predicted molar refractivity (Wildman–Crippen MR) is 164 cm³/mol. The van der Waals surface area contributed by atoms with Crippen LogP contribution in [0.2, 0.25) is 0 Å². The van der Waals surface area contributed by atoms with Gasteiger partial charge in [-0.2, -0.15) is 5.10 Å².